The molecule has 0 saturated heterocycles. The molecule has 0 bridgehead atoms. The molecule has 0 radical (unpaired) electrons. The zero-order valence-corrected chi connectivity index (χ0v) is 8.90. The van der Waals surface area contributed by atoms with Crippen LogP contribution in [0.4, 0.5) is 0 Å². The lowest BCUT2D eigenvalue weighted by atomic mass is 10.3. The number of aryl methyl sites for hydroxylation is 1. The molecule has 0 aliphatic rings. The van der Waals surface area contributed by atoms with Crippen molar-refractivity contribution < 1.29 is 0 Å². The maximum absolute atomic E-state index is 5.61. The largest absolute Gasteiger partial charge is 0.370 e. The summed E-state index contributed by atoms with van der Waals surface area (Å²) in [6.45, 7) is 6.65. The molecule has 0 saturated carbocycles. The Kier molecular flexibility index (Phi) is 4.34. The number of aliphatic imine (C=N–C) groups is 1. The van der Waals surface area contributed by atoms with E-state index in [0.29, 0.717) is 19.0 Å². The molecule has 3 N–H and O–H groups in total. The molecule has 0 fully saturated rings. The van der Waals surface area contributed by atoms with Crippen molar-refractivity contribution in [1.82, 2.24) is 10.3 Å². The van der Waals surface area contributed by atoms with E-state index in [2.05, 4.69) is 21.9 Å². The zero-order valence-electron chi connectivity index (χ0n) is 8.90. The summed E-state index contributed by atoms with van der Waals surface area (Å²) in [5.74, 6) is 0.415. The molecule has 0 atom stereocenters. The predicted octanol–water partition coefficient (Wildman–Crippen LogP) is 0.980. The third-order valence-electron chi connectivity index (χ3n) is 1.78. The number of nitrogens with one attached hydrogen (secondary N) is 1. The monoisotopic (exact) mass is 204 g/mol. The van der Waals surface area contributed by atoms with E-state index in [1.54, 1.807) is 6.08 Å². The lowest BCUT2D eigenvalue weighted by molar-refractivity contribution is 0.930. The van der Waals surface area contributed by atoms with Crippen molar-refractivity contribution in [3.63, 3.8) is 0 Å². The van der Waals surface area contributed by atoms with Gasteiger partial charge in [-0.15, -0.1) is 6.58 Å². The summed E-state index contributed by atoms with van der Waals surface area (Å²) in [7, 11) is 0. The normalized spacial score (nSPS) is 11.1. The molecular weight excluding hydrogens is 188 g/mol. The smallest absolute Gasteiger partial charge is 0.189 e. The van der Waals surface area contributed by atoms with Gasteiger partial charge in [0.1, 0.15) is 0 Å². The van der Waals surface area contributed by atoms with Crippen molar-refractivity contribution in [2.45, 2.75) is 13.5 Å². The quantitative estimate of drug-likeness (QED) is 0.436. The van der Waals surface area contributed by atoms with Gasteiger partial charge in [-0.3, -0.25) is 4.98 Å². The molecule has 0 aliphatic heterocycles. The summed E-state index contributed by atoms with van der Waals surface area (Å²) in [6, 6.07) is 5.84. The average molecular weight is 204 g/mol. The van der Waals surface area contributed by atoms with Crippen molar-refractivity contribution in [3.05, 3.63) is 42.2 Å². The summed E-state index contributed by atoms with van der Waals surface area (Å²) < 4.78 is 0. The minimum absolute atomic E-state index is 0.415. The third-order valence-corrected chi connectivity index (χ3v) is 1.78. The van der Waals surface area contributed by atoms with Gasteiger partial charge in [0.2, 0.25) is 0 Å². The van der Waals surface area contributed by atoms with Gasteiger partial charge in [0, 0.05) is 12.2 Å². The van der Waals surface area contributed by atoms with Crippen LogP contribution in [0.25, 0.3) is 0 Å². The van der Waals surface area contributed by atoms with Gasteiger partial charge in [0.15, 0.2) is 5.96 Å². The minimum atomic E-state index is 0.415. The fourth-order valence-electron chi connectivity index (χ4n) is 1.09. The van der Waals surface area contributed by atoms with Crippen molar-refractivity contribution in [2.75, 3.05) is 6.54 Å². The average Bonchev–Trinajstić information content (AvgIpc) is 2.23. The van der Waals surface area contributed by atoms with Crippen LogP contribution in [0.3, 0.4) is 0 Å². The summed E-state index contributed by atoms with van der Waals surface area (Å²) >= 11 is 0. The van der Waals surface area contributed by atoms with Crippen LogP contribution in [0.15, 0.2) is 35.8 Å². The fraction of sp³-hybridized carbons (Fsp3) is 0.273. The van der Waals surface area contributed by atoms with Crippen LogP contribution < -0.4 is 11.1 Å². The van der Waals surface area contributed by atoms with Crippen LogP contribution in [0.5, 0.6) is 0 Å². The SMILES string of the molecule is C=CCNC(N)=NCc1cccc(C)n1. The summed E-state index contributed by atoms with van der Waals surface area (Å²) in [5, 5.41) is 2.90. The molecule has 0 amide bonds. The minimum Gasteiger partial charge on any atom is -0.370 e. The summed E-state index contributed by atoms with van der Waals surface area (Å²) in [4.78, 5) is 8.46. The van der Waals surface area contributed by atoms with Crippen molar-refractivity contribution in [3.8, 4) is 0 Å². The Morgan fingerprint density at radius 3 is 3.13 bits per heavy atom. The van der Waals surface area contributed by atoms with E-state index in [0.717, 1.165) is 11.4 Å². The van der Waals surface area contributed by atoms with Crippen LogP contribution >= 0.6 is 0 Å². The van der Waals surface area contributed by atoms with Crippen LogP contribution in [0.1, 0.15) is 11.4 Å². The highest BCUT2D eigenvalue weighted by Crippen LogP contribution is 1.99. The molecule has 1 heterocycles. The lowest BCUT2D eigenvalue weighted by Crippen LogP contribution is -2.31. The molecule has 0 aromatic carbocycles. The van der Waals surface area contributed by atoms with E-state index >= 15 is 0 Å². The van der Waals surface area contributed by atoms with Crippen molar-refractivity contribution >= 4 is 5.96 Å². The van der Waals surface area contributed by atoms with Gasteiger partial charge in [-0.2, -0.15) is 0 Å². The molecule has 0 unspecified atom stereocenters. The van der Waals surface area contributed by atoms with Gasteiger partial charge in [-0.25, -0.2) is 4.99 Å². The zero-order chi connectivity index (χ0) is 11.1. The fourth-order valence-corrected chi connectivity index (χ4v) is 1.09. The van der Waals surface area contributed by atoms with Gasteiger partial charge in [0.25, 0.3) is 0 Å². The number of rotatable bonds is 4. The Hall–Kier alpha value is -1.84. The molecule has 4 heteroatoms. The Bertz CT molecular complexity index is 357. The second-order valence-corrected chi connectivity index (χ2v) is 3.14. The Morgan fingerprint density at radius 2 is 2.47 bits per heavy atom. The number of hydrogen-bond acceptors (Lipinski definition) is 2. The van der Waals surface area contributed by atoms with E-state index in [4.69, 9.17) is 5.73 Å². The van der Waals surface area contributed by atoms with Crippen LogP contribution in [0, 0.1) is 6.92 Å². The number of nitrogens with zero attached hydrogens (tertiary/aromatic N) is 2. The van der Waals surface area contributed by atoms with Crippen molar-refractivity contribution in [1.29, 1.82) is 0 Å². The summed E-state index contributed by atoms with van der Waals surface area (Å²) in [5.41, 5.74) is 7.51. The second-order valence-electron chi connectivity index (χ2n) is 3.14. The maximum Gasteiger partial charge on any atom is 0.189 e. The van der Waals surface area contributed by atoms with E-state index in [1.807, 2.05) is 25.1 Å². The molecular formula is C11H16N4. The molecule has 4 nitrogen and oxygen atoms in total. The predicted molar refractivity (Wildman–Crippen MR) is 62.5 cm³/mol. The van der Waals surface area contributed by atoms with Gasteiger partial charge >= 0.3 is 0 Å². The highest BCUT2D eigenvalue weighted by Gasteiger charge is 1.93. The first-order valence-corrected chi connectivity index (χ1v) is 4.79. The Labute approximate surface area is 89.9 Å². The highest BCUT2D eigenvalue weighted by atomic mass is 15.1. The topological polar surface area (TPSA) is 63.3 Å². The molecule has 1 rings (SSSR count). The maximum atomic E-state index is 5.61. The second kappa shape index (κ2) is 5.80. The first kappa shape index (κ1) is 11.2. The lowest BCUT2D eigenvalue weighted by Gasteiger charge is -2.02. The van der Waals surface area contributed by atoms with E-state index in [-0.39, 0.29) is 0 Å². The Balaban J connectivity index is 2.51. The summed E-state index contributed by atoms with van der Waals surface area (Å²) in [6.07, 6.45) is 1.73. The van der Waals surface area contributed by atoms with Crippen molar-refractivity contribution in [2.24, 2.45) is 10.7 Å². The van der Waals surface area contributed by atoms with Crippen LogP contribution in [-0.4, -0.2) is 17.5 Å². The molecule has 15 heavy (non-hydrogen) atoms. The number of guanidine groups is 1. The van der Waals surface area contributed by atoms with Gasteiger partial charge in [0.05, 0.1) is 12.2 Å². The van der Waals surface area contributed by atoms with Crippen LogP contribution in [-0.2, 0) is 6.54 Å². The van der Waals surface area contributed by atoms with Crippen LogP contribution in [0.2, 0.25) is 0 Å². The first-order chi connectivity index (χ1) is 7.22. The van der Waals surface area contributed by atoms with Gasteiger partial charge < -0.3 is 11.1 Å². The molecule has 1 aromatic heterocycles. The van der Waals surface area contributed by atoms with E-state index in [9.17, 15) is 0 Å². The standard InChI is InChI=1S/C11H16N4/c1-3-7-13-11(12)14-8-10-6-4-5-9(2)15-10/h3-6H,1,7-8H2,2H3,(H3,12,13,14). The van der Waals surface area contributed by atoms with Gasteiger partial charge in [-0.1, -0.05) is 12.1 Å². The first-order valence-electron chi connectivity index (χ1n) is 4.79. The third kappa shape index (κ3) is 4.26. The molecule has 1 aromatic rings. The van der Waals surface area contributed by atoms with E-state index in [1.165, 1.54) is 0 Å². The number of hydrogen-bond donors (Lipinski definition) is 2. The highest BCUT2D eigenvalue weighted by molar-refractivity contribution is 5.77. The Morgan fingerprint density at radius 1 is 1.67 bits per heavy atom. The van der Waals surface area contributed by atoms with Gasteiger partial charge in [-0.05, 0) is 19.1 Å². The molecule has 80 valence electrons. The molecule has 0 spiro atoms. The number of pyridine rings is 1. The molecule has 0 aliphatic carbocycles. The van der Waals surface area contributed by atoms with E-state index < -0.39 is 0 Å². The number of nitrogens with two attached hydrogens (primary N) is 1. The number of aromatic nitrogens is 1.